The standard InChI is InChI=1S/C19H24N2O/c1-14-6-5-7-15(12-14)13-20-18(22)21-17-10-8-16(9-11-17)19(2,3)4/h5-12H,13H2,1-4H3,(H2,20,21,22). The summed E-state index contributed by atoms with van der Waals surface area (Å²) in [5, 5.41) is 5.72. The fourth-order valence-electron chi connectivity index (χ4n) is 2.23. The summed E-state index contributed by atoms with van der Waals surface area (Å²) in [5.41, 5.74) is 4.45. The first-order chi connectivity index (χ1) is 10.3. The molecule has 2 aromatic carbocycles. The van der Waals surface area contributed by atoms with Gasteiger partial charge in [-0.05, 0) is 35.6 Å². The van der Waals surface area contributed by atoms with Crippen LogP contribution in [0.25, 0.3) is 0 Å². The van der Waals surface area contributed by atoms with Crippen molar-refractivity contribution in [1.29, 1.82) is 0 Å². The molecule has 116 valence electrons. The van der Waals surface area contributed by atoms with E-state index in [2.05, 4.69) is 49.6 Å². The number of anilines is 1. The molecule has 0 atom stereocenters. The first-order valence-corrected chi connectivity index (χ1v) is 7.55. The lowest BCUT2D eigenvalue weighted by Crippen LogP contribution is -2.28. The van der Waals surface area contributed by atoms with Crippen LogP contribution in [0.3, 0.4) is 0 Å². The van der Waals surface area contributed by atoms with Crippen LogP contribution in [0.2, 0.25) is 0 Å². The topological polar surface area (TPSA) is 41.1 Å². The molecule has 2 amide bonds. The predicted octanol–water partition coefficient (Wildman–Crippen LogP) is 4.61. The summed E-state index contributed by atoms with van der Waals surface area (Å²) in [4.78, 5) is 11.9. The van der Waals surface area contributed by atoms with Crippen molar-refractivity contribution in [1.82, 2.24) is 5.32 Å². The van der Waals surface area contributed by atoms with Crippen LogP contribution >= 0.6 is 0 Å². The summed E-state index contributed by atoms with van der Waals surface area (Å²) in [7, 11) is 0. The van der Waals surface area contributed by atoms with Gasteiger partial charge in [0.25, 0.3) is 0 Å². The van der Waals surface area contributed by atoms with Crippen molar-refractivity contribution in [2.45, 2.75) is 39.7 Å². The average molecular weight is 296 g/mol. The highest BCUT2D eigenvalue weighted by atomic mass is 16.2. The van der Waals surface area contributed by atoms with Gasteiger partial charge in [0.2, 0.25) is 0 Å². The zero-order valence-corrected chi connectivity index (χ0v) is 13.7. The Bertz CT molecular complexity index is 639. The van der Waals surface area contributed by atoms with E-state index in [-0.39, 0.29) is 11.4 Å². The molecule has 0 saturated heterocycles. The molecule has 3 heteroatoms. The van der Waals surface area contributed by atoms with E-state index >= 15 is 0 Å². The molecule has 0 saturated carbocycles. The maximum Gasteiger partial charge on any atom is 0.319 e. The van der Waals surface area contributed by atoms with Gasteiger partial charge in [-0.1, -0.05) is 62.7 Å². The number of nitrogens with one attached hydrogen (secondary N) is 2. The summed E-state index contributed by atoms with van der Waals surface area (Å²) in [6, 6.07) is 15.9. The van der Waals surface area contributed by atoms with Crippen molar-refractivity contribution >= 4 is 11.7 Å². The van der Waals surface area contributed by atoms with Gasteiger partial charge in [0.1, 0.15) is 0 Å². The van der Waals surface area contributed by atoms with Crippen molar-refractivity contribution in [3.63, 3.8) is 0 Å². The van der Waals surface area contributed by atoms with Crippen LogP contribution in [0.4, 0.5) is 10.5 Å². The van der Waals surface area contributed by atoms with Crippen molar-refractivity contribution in [2.75, 3.05) is 5.32 Å². The average Bonchev–Trinajstić information content (AvgIpc) is 2.45. The van der Waals surface area contributed by atoms with Crippen molar-refractivity contribution in [3.05, 3.63) is 65.2 Å². The Morgan fingerprint density at radius 1 is 1.05 bits per heavy atom. The van der Waals surface area contributed by atoms with Crippen molar-refractivity contribution in [3.8, 4) is 0 Å². The lowest BCUT2D eigenvalue weighted by atomic mass is 9.87. The SMILES string of the molecule is Cc1cccc(CNC(=O)Nc2ccc(C(C)(C)C)cc2)c1. The second kappa shape index (κ2) is 6.65. The first kappa shape index (κ1) is 16.1. The van der Waals surface area contributed by atoms with Gasteiger partial charge in [0.15, 0.2) is 0 Å². The van der Waals surface area contributed by atoms with Crippen LogP contribution in [0.5, 0.6) is 0 Å². The quantitative estimate of drug-likeness (QED) is 0.853. The number of amides is 2. The molecule has 0 aromatic heterocycles. The molecule has 0 aliphatic carbocycles. The molecular formula is C19H24N2O. The number of rotatable bonds is 3. The zero-order valence-electron chi connectivity index (χ0n) is 13.7. The molecule has 2 aromatic rings. The van der Waals surface area contributed by atoms with Gasteiger partial charge in [-0.2, -0.15) is 0 Å². The molecule has 0 fully saturated rings. The van der Waals surface area contributed by atoms with Gasteiger partial charge in [0, 0.05) is 12.2 Å². The lowest BCUT2D eigenvalue weighted by Gasteiger charge is -2.19. The minimum atomic E-state index is -0.190. The van der Waals surface area contributed by atoms with E-state index in [9.17, 15) is 4.79 Å². The largest absolute Gasteiger partial charge is 0.334 e. The molecule has 0 aliphatic heterocycles. The smallest absolute Gasteiger partial charge is 0.319 e. The summed E-state index contributed by atoms with van der Waals surface area (Å²) >= 11 is 0. The molecule has 0 spiro atoms. The van der Waals surface area contributed by atoms with Crippen LogP contribution < -0.4 is 10.6 Å². The van der Waals surface area contributed by atoms with E-state index in [0.29, 0.717) is 6.54 Å². The monoisotopic (exact) mass is 296 g/mol. The van der Waals surface area contributed by atoms with Gasteiger partial charge in [-0.25, -0.2) is 4.79 Å². The Morgan fingerprint density at radius 2 is 1.73 bits per heavy atom. The van der Waals surface area contributed by atoms with Crippen LogP contribution in [0, 0.1) is 6.92 Å². The lowest BCUT2D eigenvalue weighted by molar-refractivity contribution is 0.251. The van der Waals surface area contributed by atoms with Crippen LogP contribution in [-0.4, -0.2) is 6.03 Å². The first-order valence-electron chi connectivity index (χ1n) is 7.55. The summed E-state index contributed by atoms with van der Waals surface area (Å²) < 4.78 is 0. The molecule has 22 heavy (non-hydrogen) atoms. The summed E-state index contributed by atoms with van der Waals surface area (Å²) in [6.45, 7) is 9.08. The van der Waals surface area contributed by atoms with Gasteiger partial charge < -0.3 is 10.6 Å². The number of carbonyl (C=O) groups is 1. The van der Waals surface area contributed by atoms with Gasteiger partial charge in [-0.3, -0.25) is 0 Å². The Kier molecular flexibility index (Phi) is 4.86. The van der Waals surface area contributed by atoms with E-state index in [1.807, 2.05) is 37.3 Å². The number of hydrogen-bond donors (Lipinski definition) is 2. The second-order valence-electron chi connectivity index (χ2n) is 6.62. The summed E-state index contributed by atoms with van der Waals surface area (Å²) in [6.07, 6.45) is 0. The molecule has 0 unspecified atom stereocenters. The number of carbonyl (C=O) groups excluding carboxylic acids is 1. The zero-order chi connectivity index (χ0) is 16.2. The van der Waals surface area contributed by atoms with E-state index in [1.165, 1.54) is 11.1 Å². The Labute approximate surface area is 132 Å². The molecule has 2 N–H and O–H groups in total. The van der Waals surface area contributed by atoms with Crippen LogP contribution in [-0.2, 0) is 12.0 Å². The normalized spacial score (nSPS) is 11.1. The Balaban J connectivity index is 1.89. The van der Waals surface area contributed by atoms with Gasteiger partial charge >= 0.3 is 6.03 Å². The van der Waals surface area contributed by atoms with Gasteiger partial charge in [0.05, 0.1) is 0 Å². The number of aryl methyl sites for hydroxylation is 1. The van der Waals surface area contributed by atoms with Crippen molar-refractivity contribution in [2.24, 2.45) is 0 Å². The minimum Gasteiger partial charge on any atom is -0.334 e. The number of benzene rings is 2. The molecule has 0 bridgehead atoms. The van der Waals surface area contributed by atoms with E-state index in [0.717, 1.165) is 11.3 Å². The van der Waals surface area contributed by atoms with E-state index in [4.69, 9.17) is 0 Å². The number of urea groups is 1. The highest BCUT2D eigenvalue weighted by molar-refractivity contribution is 5.89. The molecule has 0 aliphatic rings. The molecule has 0 heterocycles. The van der Waals surface area contributed by atoms with E-state index in [1.54, 1.807) is 0 Å². The third-order valence-corrected chi connectivity index (χ3v) is 3.54. The Morgan fingerprint density at radius 3 is 2.32 bits per heavy atom. The predicted molar refractivity (Wildman–Crippen MR) is 92.2 cm³/mol. The van der Waals surface area contributed by atoms with Crippen molar-refractivity contribution < 1.29 is 4.79 Å². The second-order valence-corrected chi connectivity index (χ2v) is 6.62. The maximum atomic E-state index is 11.9. The van der Waals surface area contributed by atoms with Crippen LogP contribution in [0.15, 0.2) is 48.5 Å². The summed E-state index contributed by atoms with van der Waals surface area (Å²) in [5.74, 6) is 0. The van der Waals surface area contributed by atoms with E-state index < -0.39 is 0 Å². The third-order valence-electron chi connectivity index (χ3n) is 3.54. The number of hydrogen-bond acceptors (Lipinski definition) is 1. The molecular weight excluding hydrogens is 272 g/mol. The highest BCUT2D eigenvalue weighted by Gasteiger charge is 2.13. The Hall–Kier alpha value is -2.29. The molecule has 0 radical (unpaired) electrons. The van der Waals surface area contributed by atoms with Crippen LogP contribution in [0.1, 0.15) is 37.5 Å². The highest BCUT2D eigenvalue weighted by Crippen LogP contribution is 2.23. The van der Waals surface area contributed by atoms with Gasteiger partial charge in [-0.15, -0.1) is 0 Å². The fraction of sp³-hybridized carbons (Fsp3) is 0.316. The fourth-order valence-corrected chi connectivity index (χ4v) is 2.23. The molecule has 2 rings (SSSR count). The third kappa shape index (κ3) is 4.62. The maximum absolute atomic E-state index is 11.9. The minimum absolute atomic E-state index is 0.117. The molecule has 3 nitrogen and oxygen atoms in total.